The van der Waals surface area contributed by atoms with Crippen LogP contribution >= 0.6 is 0 Å². The second kappa shape index (κ2) is 7.64. The van der Waals surface area contributed by atoms with Crippen LogP contribution in [0.1, 0.15) is 39.9 Å². The number of nitrogens with zero attached hydrogens (tertiary/aromatic N) is 3. The van der Waals surface area contributed by atoms with Gasteiger partial charge in [-0.1, -0.05) is 0 Å². The number of rotatable bonds is 7. The van der Waals surface area contributed by atoms with Crippen LogP contribution < -0.4 is 4.74 Å². The molecule has 136 valence electrons. The highest BCUT2D eigenvalue weighted by Gasteiger charge is 2.17. The molecule has 0 unspecified atom stereocenters. The molecule has 0 bridgehead atoms. The van der Waals surface area contributed by atoms with Gasteiger partial charge < -0.3 is 9.30 Å². The lowest BCUT2D eigenvalue weighted by Gasteiger charge is -2.10. The summed E-state index contributed by atoms with van der Waals surface area (Å²) in [5.41, 5.74) is 5.03. The molecule has 0 aliphatic rings. The first-order chi connectivity index (χ1) is 12.5. The fourth-order valence-electron chi connectivity index (χ4n) is 3.06. The minimum Gasteiger partial charge on any atom is -0.481 e. The van der Waals surface area contributed by atoms with Crippen molar-refractivity contribution in [3.8, 4) is 5.88 Å². The molecule has 3 aromatic heterocycles. The van der Waals surface area contributed by atoms with Crippen molar-refractivity contribution in [2.45, 2.75) is 33.2 Å². The molecule has 0 atom stereocenters. The van der Waals surface area contributed by atoms with E-state index in [-0.39, 0.29) is 18.6 Å². The van der Waals surface area contributed by atoms with Crippen LogP contribution in [-0.4, -0.2) is 34.1 Å². The number of aryl methyl sites for hydroxylation is 2. The number of halogens is 1. The van der Waals surface area contributed by atoms with Gasteiger partial charge in [-0.2, -0.15) is 0 Å². The summed E-state index contributed by atoms with van der Waals surface area (Å²) in [5.74, 6) is 0.473. The highest BCUT2D eigenvalue weighted by Crippen LogP contribution is 2.25. The van der Waals surface area contributed by atoms with E-state index in [2.05, 4.69) is 9.97 Å². The summed E-state index contributed by atoms with van der Waals surface area (Å²) in [6.45, 7) is 3.95. The third-order valence-electron chi connectivity index (χ3n) is 4.29. The third kappa shape index (κ3) is 3.59. The van der Waals surface area contributed by atoms with Crippen molar-refractivity contribution in [3.63, 3.8) is 0 Å². The lowest BCUT2D eigenvalue weighted by molar-refractivity contribution is 0.0978. The molecule has 0 saturated heterocycles. The van der Waals surface area contributed by atoms with Gasteiger partial charge in [-0.15, -0.1) is 0 Å². The molecular formula is C20H22FN3O2. The van der Waals surface area contributed by atoms with E-state index in [9.17, 15) is 9.18 Å². The number of ketones is 1. The summed E-state index contributed by atoms with van der Waals surface area (Å²) in [7, 11) is 1.59. The normalized spacial score (nSPS) is 11.1. The number of hydrogen-bond acceptors (Lipinski definition) is 4. The number of aromatic nitrogens is 3. The molecule has 0 amide bonds. The molecule has 5 nitrogen and oxygen atoms in total. The van der Waals surface area contributed by atoms with Crippen LogP contribution in [0.5, 0.6) is 5.88 Å². The number of pyridine rings is 2. The Morgan fingerprint density at radius 1 is 1.19 bits per heavy atom. The minimum atomic E-state index is -0.497. The van der Waals surface area contributed by atoms with Crippen LogP contribution in [0, 0.1) is 13.8 Å². The predicted octanol–water partition coefficient (Wildman–Crippen LogP) is 4.04. The van der Waals surface area contributed by atoms with Crippen LogP contribution in [-0.2, 0) is 6.54 Å². The van der Waals surface area contributed by atoms with Gasteiger partial charge in [-0.25, -0.2) is 4.98 Å². The Morgan fingerprint density at radius 2 is 1.92 bits per heavy atom. The molecule has 0 spiro atoms. The van der Waals surface area contributed by atoms with E-state index in [4.69, 9.17) is 4.74 Å². The van der Waals surface area contributed by atoms with Crippen molar-refractivity contribution >= 4 is 16.8 Å². The summed E-state index contributed by atoms with van der Waals surface area (Å²) in [6, 6.07) is 4.02. The average molecular weight is 355 g/mol. The first-order valence-corrected chi connectivity index (χ1v) is 8.57. The lowest BCUT2D eigenvalue weighted by atomic mass is 10.1. The number of hydrogen-bond donors (Lipinski definition) is 0. The molecular weight excluding hydrogens is 333 g/mol. The molecule has 6 heteroatoms. The standard InChI is InChI=1S/C20H22FN3O2/c1-13-7-15(20(26-3)23-10-13)11-24-12-16(18(25)5-4-6-21)19-17(24)8-14(2)9-22-19/h7-10,12H,4-6,11H2,1-3H3. The number of alkyl halides is 1. The molecule has 0 aliphatic carbocycles. The first-order valence-electron chi connectivity index (χ1n) is 8.57. The molecule has 0 aliphatic heterocycles. The van der Waals surface area contributed by atoms with Crippen molar-refractivity contribution in [2.75, 3.05) is 13.8 Å². The number of carbonyl (C=O) groups is 1. The van der Waals surface area contributed by atoms with Gasteiger partial charge in [0, 0.05) is 30.6 Å². The largest absolute Gasteiger partial charge is 0.481 e. The Labute approximate surface area is 151 Å². The molecule has 3 heterocycles. The summed E-state index contributed by atoms with van der Waals surface area (Å²) in [4.78, 5) is 21.3. The highest BCUT2D eigenvalue weighted by molar-refractivity contribution is 6.06. The summed E-state index contributed by atoms with van der Waals surface area (Å²) < 4.78 is 19.8. The Bertz CT molecular complexity index is 950. The molecule has 3 rings (SSSR count). The fourth-order valence-corrected chi connectivity index (χ4v) is 3.06. The molecule has 26 heavy (non-hydrogen) atoms. The molecule has 0 N–H and O–H groups in total. The maximum Gasteiger partial charge on any atom is 0.218 e. The number of fused-ring (bicyclic) bond motifs is 1. The Morgan fingerprint density at radius 3 is 2.65 bits per heavy atom. The van der Waals surface area contributed by atoms with Gasteiger partial charge in [0.15, 0.2) is 5.78 Å². The first kappa shape index (κ1) is 18.0. The summed E-state index contributed by atoms with van der Waals surface area (Å²) in [5, 5.41) is 0. The number of methoxy groups -OCH3 is 1. The highest BCUT2D eigenvalue weighted by atomic mass is 19.1. The molecule has 0 radical (unpaired) electrons. The summed E-state index contributed by atoms with van der Waals surface area (Å²) >= 11 is 0. The van der Waals surface area contributed by atoms with E-state index in [1.165, 1.54) is 0 Å². The maximum atomic E-state index is 12.5. The zero-order chi connectivity index (χ0) is 18.7. The van der Waals surface area contributed by atoms with Crippen molar-refractivity contribution in [3.05, 3.63) is 53.0 Å². The van der Waals surface area contributed by atoms with E-state index in [0.717, 1.165) is 22.2 Å². The Kier molecular flexibility index (Phi) is 5.30. The molecule has 0 fully saturated rings. The lowest BCUT2D eigenvalue weighted by Crippen LogP contribution is -2.03. The van der Waals surface area contributed by atoms with E-state index in [0.29, 0.717) is 23.5 Å². The van der Waals surface area contributed by atoms with E-state index < -0.39 is 6.67 Å². The van der Waals surface area contributed by atoms with E-state index in [1.807, 2.05) is 30.5 Å². The van der Waals surface area contributed by atoms with E-state index >= 15 is 0 Å². The Balaban J connectivity index is 2.07. The summed E-state index contributed by atoms with van der Waals surface area (Å²) in [6.07, 6.45) is 5.72. The van der Waals surface area contributed by atoms with Crippen LogP contribution in [0.2, 0.25) is 0 Å². The minimum absolute atomic E-state index is 0.0860. The smallest absolute Gasteiger partial charge is 0.218 e. The average Bonchev–Trinajstić information content (AvgIpc) is 2.97. The van der Waals surface area contributed by atoms with Gasteiger partial charge >= 0.3 is 0 Å². The second-order valence-electron chi connectivity index (χ2n) is 6.45. The predicted molar refractivity (Wildman–Crippen MR) is 98.6 cm³/mol. The van der Waals surface area contributed by atoms with Crippen LogP contribution in [0.4, 0.5) is 4.39 Å². The molecule has 3 aromatic rings. The fraction of sp³-hybridized carbons (Fsp3) is 0.350. The number of carbonyl (C=O) groups excluding carboxylic acids is 1. The quantitative estimate of drug-likeness (QED) is 0.600. The van der Waals surface area contributed by atoms with Crippen LogP contribution in [0.15, 0.2) is 30.7 Å². The van der Waals surface area contributed by atoms with Gasteiger partial charge in [0.1, 0.15) is 0 Å². The monoisotopic (exact) mass is 355 g/mol. The molecule has 0 saturated carbocycles. The van der Waals surface area contributed by atoms with Gasteiger partial charge in [0.2, 0.25) is 5.88 Å². The zero-order valence-electron chi connectivity index (χ0n) is 15.3. The van der Waals surface area contributed by atoms with Gasteiger partial charge in [0.05, 0.1) is 36.9 Å². The van der Waals surface area contributed by atoms with Crippen LogP contribution in [0.25, 0.3) is 11.0 Å². The topological polar surface area (TPSA) is 57.0 Å². The van der Waals surface area contributed by atoms with Crippen LogP contribution in [0.3, 0.4) is 0 Å². The van der Waals surface area contributed by atoms with Gasteiger partial charge in [-0.05, 0) is 43.5 Å². The Hall–Kier alpha value is -2.76. The van der Waals surface area contributed by atoms with E-state index in [1.54, 1.807) is 25.7 Å². The third-order valence-corrected chi connectivity index (χ3v) is 4.29. The van der Waals surface area contributed by atoms with Crippen molar-refractivity contribution in [1.29, 1.82) is 0 Å². The van der Waals surface area contributed by atoms with Crippen molar-refractivity contribution < 1.29 is 13.9 Å². The van der Waals surface area contributed by atoms with Gasteiger partial charge in [-0.3, -0.25) is 14.2 Å². The zero-order valence-corrected chi connectivity index (χ0v) is 15.3. The molecule has 0 aromatic carbocycles. The number of ether oxygens (including phenoxy) is 1. The second-order valence-corrected chi connectivity index (χ2v) is 6.45. The van der Waals surface area contributed by atoms with Crippen molar-refractivity contribution in [1.82, 2.24) is 14.5 Å². The maximum absolute atomic E-state index is 12.5. The van der Waals surface area contributed by atoms with Gasteiger partial charge in [0.25, 0.3) is 0 Å². The van der Waals surface area contributed by atoms with Crippen molar-refractivity contribution in [2.24, 2.45) is 0 Å². The number of Topliss-reactive ketones (excluding diaryl/α,β-unsaturated/α-hetero) is 1. The SMILES string of the molecule is COc1ncc(C)cc1Cn1cc(C(=O)CCCF)c2ncc(C)cc21.